The molecule has 25 heavy (non-hydrogen) atoms. The number of halogens is 1. The summed E-state index contributed by atoms with van der Waals surface area (Å²) in [6.07, 6.45) is -0.591. The van der Waals surface area contributed by atoms with Gasteiger partial charge in [0.15, 0.2) is 6.10 Å². The van der Waals surface area contributed by atoms with Gasteiger partial charge in [-0.3, -0.25) is 9.59 Å². The lowest BCUT2D eigenvalue weighted by molar-refractivity contribution is -0.137. The van der Waals surface area contributed by atoms with Crippen LogP contribution in [0.15, 0.2) is 53.0 Å². The number of carbonyl (C=O) groups is 2. The number of carboxylic acid groups (broad SMARTS) is 1. The molecule has 0 aliphatic rings. The van der Waals surface area contributed by atoms with E-state index in [2.05, 4.69) is 21.2 Å². The van der Waals surface area contributed by atoms with Crippen LogP contribution < -0.4 is 10.1 Å². The second kappa shape index (κ2) is 8.67. The Labute approximate surface area is 155 Å². The van der Waals surface area contributed by atoms with Gasteiger partial charge in [0.05, 0.1) is 10.9 Å². The number of carbonyl (C=O) groups excluding carboxylic acids is 1. The Morgan fingerprint density at radius 3 is 2.36 bits per heavy atom. The predicted molar refractivity (Wildman–Crippen MR) is 100.0 cm³/mol. The Morgan fingerprint density at radius 2 is 1.76 bits per heavy atom. The summed E-state index contributed by atoms with van der Waals surface area (Å²) in [5.41, 5.74) is 1.55. The summed E-state index contributed by atoms with van der Waals surface area (Å²) in [6.45, 7) is 3.54. The molecule has 0 aliphatic carbocycles. The molecule has 0 bridgehead atoms. The van der Waals surface area contributed by atoms with Gasteiger partial charge in [-0.15, -0.1) is 0 Å². The Hall–Kier alpha value is -2.34. The zero-order chi connectivity index (χ0) is 18.4. The van der Waals surface area contributed by atoms with Crippen molar-refractivity contribution in [3.05, 3.63) is 58.6 Å². The highest BCUT2D eigenvalue weighted by Gasteiger charge is 2.16. The van der Waals surface area contributed by atoms with Crippen LogP contribution in [0.25, 0.3) is 0 Å². The lowest BCUT2D eigenvalue weighted by Crippen LogP contribution is -2.30. The average Bonchev–Trinajstić information content (AvgIpc) is 2.56. The summed E-state index contributed by atoms with van der Waals surface area (Å²) < 4.78 is 6.44. The molecule has 0 saturated carbocycles. The molecule has 2 aromatic carbocycles. The number of hydrogen-bond donors (Lipinski definition) is 2. The molecule has 0 spiro atoms. The minimum atomic E-state index is -0.831. The molecule has 0 saturated heterocycles. The van der Waals surface area contributed by atoms with Crippen LogP contribution in [0.4, 0.5) is 5.69 Å². The van der Waals surface area contributed by atoms with E-state index in [1.165, 1.54) is 0 Å². The fourth-order valence-electron chi connectivity index (χ4n) is 2.30. The third kappa shape index (κ3) is 5.60. The SMILES string of the molecule is CC(Oc1ccccc1Br)C(=O)Nc1ccc(C(C)CC(=O)O)cc1. The van der Waals surface area contributed by atoms with E-state index >= 15 is 0 Å². The van der Waals surface area contributed by atoms with Crippen molar-refractivity contribution < 1.29 is 19.4 Å². The number of rotatable bonds is 7. The van der Waals surface area contributed by atoms with Gasteiger partial charge in [0, 0.05) is 5.69 Å². The van der Waals surface area contributed by atoms with Gasteiger partial charge in [0.1, 0.15) is 5.75 Å². The Bertz CT molecular complexity index is 745. The van der Waals surface area contributed by atoms with Crippen LogP contribution in [0.3, 0.4) is 0 Å². The van der Waals surface area contributed by atoms with E-state index in [9.17, 15) is 9.59 Å². The maximum Gasteiger partial charge on any atom is 0.303 e. The third-order valence-corrected chi connectivity index (χ3v) is 4.39. The number of para-hydroxylation sites is 1. The van der Waals surface area contributed by atoms with Crippen LogP contribution in [0.1, 0.15) is 31.7 Å². The van der Waals surface area contributed by atoms with E-state index in [0.29, 0.717) is 11.4 Å². The zero-order valence-electron chi connectivity index (χ0n) is 14.0. The quantitative estimate of drug-likeness (QED) is 0.713. The molecule has 2 rings (SSSR count). The molecule has 2 unspecified atom stereocenters. The van der Waals surface area contributed by atoms with Gasteiger partial charge in [-0.05, 0) is 58.6 Å². The number of benzene rings is 2. The van der Waals surface area contributed by atoms with Gasteiger partial charge in [-0.1, -0.05) is 31.2 Å². The molecule has 5 nitrogen and oxygen atoms in total. The molecule has 0 radical (unpaired) electrons. The predicted octanol–water partition coefficient (Wildman–Crippen LogP) is 4.43. The number of ether oxygens (including phenoxy) is 1. The number of nitrogens with one attached hydrogen (secondary N) is 1. The third-order valence-electron chi connectivity index (χ3n) is 3.74. The first-order chi connectivity index (χ1) is 11.9. The highest BCUT2D eigenvalue weighted by atomic mass is 79.9. The topological polar surface area (TPSA) is 75.6 Å². The second-order valence-corrected chi connectivity index (χ2v) is 6.66. The maximum atomic E-state index is 12.3. The highest BCUT2D eigenvalue weighted by molar-refractivity contribution is 9.10. The Balaban J connectivity index is 1.95. The van der Waals surface area contributed by atoms with Crippen molar-refractivity contribution in [3.63, 3.8) is 0 Å². The minimum Gasteiger partial charge on any atom is -0.481 e. The van der Waals surface area contributed by atoms with E-state index in [1.54, 1.807) is 25.1 Å². The van der Waals surface area contributed by atoms with Crippen molar-refractivity contribution in [2.75, 3.05) is 5.32 Å². The van der Waals surface area contributed by atoms with Crippen molar-refractivity contribution in [2.24, 2.45) is 0 Å². The summed E-state index contributed by atoms with van der Waals surface area (Å²) in [7, 11) is 0. The van der Waals surface area contributed by atoms with Crippen LogP contribution in [0.5, 0.6) is 5.75 Å². The number of anilines is 1. The van der Waals surface area contributed by atoms with Gasteiger partial charge in [0.2, 0.25) is 0 Å². The van der Waals surface area contributed by atoms with Gasteiger partial charge in [0.25, 0.3) is 5.91 Å². The molecule has 0 aromatic heterocycles. The summed E-state index contributed by atoms with van der Waals surface area (Å²) in [5, 5.41) is 11.6. The fraction of sp³-hybridized carbons (Fsp3) is 0.263. The summed E-state index contributed by atoms with van der Waals surface area (Å²) in [4.78, 5) is 23.0. The largest absolute Gasteiger partial charge is 0.481 e. The van der Waals surface area contributed by atoms with Crippen molar-refractivity contribution in [3.8, 4) is 5.75 Å². The van der Waals surface area contributed by atoms with Gasteiger partial charge in [-0.25, -0.2) is 0 Å². The van der Waals surface area contributed by atoms with Crippen LogP contribution in [-0.4, -0.2) is 23.1 Å². The highest BCUT2D eigenvalue weighted by Crippen LogP contribution is 2.25. The van der Waals surface area contributed by atoms with E-state index in [0.717, 1.165) is 10.0 Å². The van der Waals surface area contributed by atoms with E-state index in [4.69, 9.17) is 9.84 Å². The Kier molecular flexibility index (Phi) is 6.58. The maximum absolute atomic E-state index is 12.3. The number of aliphatic carboxylic acids is 1. The van der Waals surface area contributed by atoms with Crippen molar-refractivity contribution in [1.29, 1.82) is 0 Å². The summed E-state index contributed by atoms with van der Waals surface area (Å²) >= 11 is 3.38. The smallest absolute Gasteiger partial charge is 0.303 e. The normalized spacial score (nSPS) is 12.9. The Morgan fingerprint density at radius 1 is 1.12 bits per heavy atom. The molecule has 0 heterocycles. The van der Waals surface area contributed by atoms with E-state index in [-0.39, 0.29) is 18.2 Å². The van der Waals surface area contributed by atoms with Gasteiger partial charge >= 0.3 is 5.97 Å². The van der Waals surface area contributed by atoms with Gasteiger partial charge < -0.3 is 15.2 Å². The molecule has 2 atom stereocenters. The number of hydrogen-bond acceptors (Lipinski definition) is 3. The average molecular weight is 406 g/mol. The molecule has 0 aliphatic heterocycles. The number of amides is 1. The zero-order valence-corrected chi connectivity index (χ0v) is 15.6. The second-order valence-electron chi connectivity index (χ2n) is 5.80. The van der Waals surface area contributed by atoms with Gasteiger partial charge in [-0.2, -0.15) is 0 Å². The lowest BCUT2D eigenvalue weighted by Gasteiger charge is -2.16. The summed E-state index contributed by atoms with van der Waals surface area (Å²) in [6, 6.07) is 14.5. The monoisotopic (exact) mass is 405 g/mol. The fourth-order valence-corrected chi connectivity index (χ4v) is 2.68. The van der Waals surface area contributed by atoms with Crippen LogP contribution in [0, 0.1) is 0 Å². The number of carboxylic acids is 1. The molecule has 6 heteroatoms. The van der Waals surface area contributed by atoms with Crippen LogP contribution >= 0.6 is 15.9 Å². The molecule has 132 valence electrons. The minimum absolute atomic E-state index is 0.0720. The summed E-state index contributed by atoms with van der Waals surface area (Å²) in [5.74, 6) is -0.576. The van der Waals surface area contributed by atoms with Crippen LogP contribution in [0.2, 0.25) is 0 Å². The lowest BCUT2D eigenvalue weighted by atomic mass is 9.98. The van der Waals surface area contributed by atoms with E-state index < -0.39 is 12.1 Å². The first-order valence-corrected chi connectivity index (χ1v) is 8.70. The molecule has 2 aromatic rings. The molecular formula is C19H20BrNO4. The van der Waals surface area contributed by atoms with Crippen LogP contribution in [-0.2, 0) is 9.59 Å². The van der Waals surface area contributed by atoms with E-state index in [1.807, 2.05) is 37.3 Å². The first kappa shape index (κ1) is 19.0. The van der Waals surface area contributed by atoms with Crippen molar-refractivity contribution >= 4 is 33.5 Å². The molecule has 1 amide bonds. The molecule has 2 N–H and O–H groups in total. The van der Waals surface area contributed by atoms with Crippen molar-refractivity contribution in [1.82, 2.24) is 0 Å². The molecule has 0 fully saturated rings. The standard InChI is InChI=1S/C19H20BrNO4/c1-12(11-18(22)23)14-7-9-15(10-8-14)21-19(24)13(2)25-17-6-4-3-5-16(17)20/h3-10,12-13H,11H2,1-2H3,(H,21,24)(H,22,23). The van der Waals surface area contributed by atoms with Crippen molar-refractivity contribution in [2.45, 2.75) is 32.3 Å². The molecular weight excluding hydrogens is 386 g/mol. The first-order valence-electron chi connectivity index (χ1n) is 7.90.